The zero-order chi connectivity index (χ0) is 11.7. The SMILES string of the molecule is OC(Cc1ncc[nH]1)c1ccc2c(c1)COC2. The number of nitrogens with zero attached hydrogens (tertiary/aromatic N) is 1. The number of ether oxygens (including phenoxy) is 1. The Kier molecular flexibility index (Phi) is 2.66. The molecule has 1 aliphatic heterocycles. The summed E-state index contributed by atoms with van der Waals surface area (Å²) in [5, 5.41) is 10.1. The summed E-state index contributed by atoms with van der Waals surface area (Å²) in [6.45, 7) is 1.33. The van der Waals surface area contributed by atoms with Crippen LogP contribution in [0, 0.1) is 0 Å². The first kappa shape index (κ1) is 10.5. The number of hydrogen-bond acceptors (Lipinski definition) is 3. The molecule has 0 amide bonds. The number of aliphatic hydroxyl groups excluding tert-OH is 1. The highest BCUT2D eigenvalue weighted by molar-refractivity contribution is 5.34. The summed E-state index contributed by atoms with van der Waals surface area (Å²) in [5.74, 6) is 0.800. The summed E-state index contributed by atoms with van der Waals surface area (Å²) >= 11 is 0. The van der Waals surface area contributed by atoms with E-state index >= 15 is 0 Å². The van der Waals surface area contributed by atoms with Crippen molar-refractivity contribution in [2.75, 3.05) is 0 Å². The number of imidazole rings is 1. The van der Waals surface area contributed by atoms with E-state index < -0.39 is 6.10 Å². The minimum atomic E-state index is -0.521. The van der Waals surface area contributed by atoms with Crippen molar-refractivity contribution in [1.82, 2.24) is 9.97 Å². The first-order valence-electron chi connectivity index (χ1n) is 5.68. The van der Waals surface area contributed by atoms with Gasteiger partial charge >= 0.3 is 0 Å². The number of fused-ring (bicyclic) bond motifs is 1. The molecule has 1 aliphatic rings. The number of hydrogen-bond donors (Lipinski definition) is 2. The number of aliphatic hydroxyl groups is 1. The van der Waals surface area contributed by atoms with Crippen LogP contribution in [0.15, 0.2) is 30.6 Å². The standard InChI is InChI=1S/C13H14N2O2/c16-12(6-13-14-3-4-15-13)9-1-2-10-7-17-8-11(10)5-9/h1-5,12,16H,6-8H2,(H,14,15). The van der Waals surface area contributed by atoms with Gasteiger partial charge in [-0.3, -0.25) is 0 Å². The molecule has 0 bridgehead atoms. The molecule has 0 radical (unpaired) electrons. The zero-order valence-electron chi connectivity index (χ0n) is 9.39. The molecule has 4 heteroatoms. The van der Waals surface area contributed by atoms with Crippen molar-refractivity contribution in [2.24, 2.45) is 0 Å². The molecule has 88 valence electrons. The molecule has 0 spiro atoms. The van der Waals surface area contributed by atoms with Crippen molar-refractivity contribution < 1.29 is 9.84 Å². The van der Waals surface area contributed by atoms with Crippen LogP contribution in [0.2, 0.25) is 0 Å². The van der Waals surface area contributed by atoms with Crippen LogP contribution in [0.25, 0.3) is 0 Å². The molecule has 17 heavy (non-hydrogen) atoms. The molecule has 0 fully saturated rings. The summed E-state index contributed by atoms with van der Waals surface area (Å²) in [6, 6.07) is 6.01. The van der Waals surface area contributed by atoms with E-state index in [4.69, 9.17) is 4.74 Å². The highest BCUT2D eigenvalue weighted by Gasteiger charge is 2.15. The Morgan fingerprint density at radius 3 is 3.06 bits per heavy atom. The van der Waals surface area contributed by atoms with Crippen LogP contribution >= 0.6 is 0 Å². The second-order valence-corrected chi connectivity index (χ2v) is 4.28. The number of H-pyrrole nitrogens is 1. The summed E-state index contributed by atoms with van der Waals surface area (Å²) in [5.41, 5.74) is 3.32. The van der Waals surface area contributed by atoms with Crippen LogP contribution < -0.4 is 0 Å². The van der Waals surface area contributed by atoms with Gasteiger partial charge in [0.2, 0.25) is 0 Å². The van der Waals surface area contributed by atoms with Crippen LogP contribution in [0.4, 0.5) is 0 Å². The summed E-state index contributed by atoms with van der Waals surface area (Å²) < 4.78 is 5.36. The molecule has 1 aromatic carbocycles. The number of aromatic nitrogens is 2. The van der Waals surface area contributed by atoms with Gasteiger partial charge in [-0.25, -0.2) is 4.98 Å². The van der Waals surface area contributed by atoms with Gasteiger partial charge in [-0.1, -0.05) is 18.2 Å². The second-order valence-electron chi connectivity index (χ2n) is 4.28. The number of aromatic amines is 1. The Morgan fingerprint density at radius 1 is 1.35 bits per heavy atom. The maximum atomic E-state index is 10.1. The molecule has 0 saturated heterocycles. The van der Waals surface area contributed by atoms with Gasteiger partial charge in [0.15, 0.2) is 0 Å². The van der Waals surface area contributed by atoms with Crippen molar-refractivity contribution in [3.05, 3.63) is 53.1 Å². The fourth-order valence-electron chi connectivity index (χ4n) is 2.11. The predicted octanol–water partition coefficient (Wildman–Crippen LogP) is 1.72. The van der Waals surface area contributed by atoms with E-state index in [0.717, 1.165) is 11.4 Å². The summed E-state index contributed by atoms with van der Waals surface area (Å²) in [4.78, 5) is 7.11. The average Bonchev–Trinajstić information content (AvgIpc) is 2.97. The monoisotopic (exact) mass is 230 g/mol. The zero-order valence-corrected chi connectivity index (χ0v) is 9.39. The maximum absolute atomic E-state index is 10.1. The maximum Gasteiger partial charge on any atom is 0.108 e. The van der Waals surface area contributed by atoms with Gasteiger partial charge in [-0.2, -0.15) is 0 Å². The molecule has 0 saturated carbocycles. The van der Waals surface area contributed by atoms with Crippen LogP contribution in [-0.4, -0.2) is 15.1 Å². The summed E-state index contributed by atoms with van der Waals surface area (Å²) in [7, 11) is 0. The van der Waals surface area contributed by atoms with E-state index in [9.17, 15) is 5.11 Å². The Morgan fingerprint density at radius 2 is 2.24 bits per heavy atom. The smallest absolute Gasteiger partial charge is 0.108 e. The van der Waals surface area contributed by atoms with Gasteiger partial charge in [0, 0.05) is 18.8 Å². The van der Waals surface area contributed by atoms with Crippen molar-refractivity contribution >= 4 is 0 Å². The number of nitrogens with one attached hydrogen (secondary N) is 1. The molecule has 3 rings (SSSR count). The third-order valence-electron chi connectivity index (χ3n) is 3.07. The van der Waals surface area contributed by atoms with E-state index in [0.29, 0.717) is 19.6 Å². The molecular weight excluding hydrogens is 216 g/mol. The molecule has 1 atom stereocenters. The largest absolute Gasteiger partial charge is 0.388 e. The van der Waals surface area contributed by atoms with Crippen molar-refractivity contribution in [3.8, 4) is 0 Å². The quantitative estimate of drug-likeness (QED) is 0.844. The van der Waals surface area contributed by atoms with E-state index in [1.807, 2.05) is 18.2 Å². The van der Waals surface area contributed by atoms with Crippen LogP contribution in [0.1, 0.15) is 28.6 Å². The normalized spacial score (nSPS) is 15.8. The highest BCUT2D eigenvalue weighted by atomic mass is 16.5. The van der Waals surface area contributed by atoms with E-state index in [1.165, 1.54) is 11.1 Å². The van der Waals surface area contributed by atoms with Crippen molar-refractivity contribution in [1.29, 1.82) is 0 Å². The van der Waals surface area contributed by atoms with Gasteiger partial charge in [0.25, 0.3) is 0 Å². The second kappa shape index (κ2) is 4.31. The van der Waals surface area contributed by atoms with E-state index in [2.05, 4.69) is 9.97 Å². The van der Waals surface area contributed by atoms with Crippen LogP contribution in [0.3, 0.4) is 0 Å². The van der Waals surface area contributed by atoms with Gasteiger partial charge in [0.1, 0.15) is 5.82 Å². The third-order valence-corrected chi connectivity index (χ3v) is 3.07. The molecule has 0 aliphatic carbocycles. The topological polar surface area (TPSA) is 58.1 Å². The average molecular weight is 230 g/mol. The predicted molar refractivity (Wildman–Crippen MR) is 62.2 cm³/mol. The minimum absolute atomic E-state index is 0.507. The third kappa shape index (κ3) is 2.09. The molecule has 2 N–H and O–H groups in total. The Labute approximate surface area is 99.3 Å². The van der Waals surface area contributed by atoms with Gasteiger partial charge < -0.3 is 14.8 Å². The van der Waals surface area contributed by atoms with Gasteiger partial charge in [-0.05, 0) is 16.7 Å². The lowest BCUT2D eigenvalue weighted by atomic mass is 10.0. The molecular formula is C13H14N2O2. The van der Waals surface area contributed by atoms with E-state index in [1.54, 1.807) is 12.4 Å². The van der Waals surface area contributed by atoms with Crippen molar-refractivity contribution in [2.45, 2.75) is 25.7 Å². The lowest BCUT2D eigenvalue weighted by Crippen LogP contribution is -2.04. The Hall–Kier alpha value is -1.65. The molecule has 4 nitrogen and oxygen atoms in total. The Bertz CT molecular complexity index is 508. The Balaban J connectivity index is 1.79. The van der Waals surface area contributed by atoms with Gasteiger partial charge in [0.05, 0.1) is 19.3 Å². The lowest BCUT2D eigenvalue weighted by Gasteiger charge is -2.10. The first-order valence-corrected chi connectivity index (χ1v) is 5.68. The molecule has 2 heterocycles. The summed E-state index contributed by atoms with van der Waals surface area (Å²) in [6.07, 6.45) is 3.44. The first-order chi connectivity index (χ1) is 8.33. The van der Waals surface area contributed by atoms with E-state index in [-0.39, 0.29) is 0 Å². The minimum Gasteiger partial charge on any atom is -0.388 e. The number of benzene rings is 1. The molecule has 1 aromatic heterocycles. The molecule has 1 unspecified atom stereocenters. The number of rotatable bonds is 3. The fourth-order valence-corrected chi connectivity index (χ4v) is 2.11. The van der Waals surface area contributed by atoms with Crippen LogP contribution in [0.5, 0.6) is 0 Å². The van der Waals surface area contributed by atoms with Crippen LogP contribution in [-0.2, 0) is 24.4 Å². The highest BCUT2D eigenvalue weighted by Crippen LogP contribution is 2.25. The molecule has 2 aromatic rings. The lowest BCUT2D eigenvalue weighted by molar-refractivity contribution is 0.134. The van der Waals surface area contributed by atoms with Gasteiger partial charge in [-0.15, -0.1) is 0 Å². The fraction of sp³-hybridized carbons (Fsp3) is 0.308. The van der Waals surface area contributed by atoms with Crippen molar-refractivity contribution in [3.63, 3.8) is 0 Å².